The highest BCUT2D eigenvalue weighted by molar-refractivity contribution is 7.92. The van der Waals surface area contributed by atoms with Crippen molar-refractivity contribution in [2.75, 3.05) is 31.5 Å². The first-order valence-electron chi connectivity index (χ1n) is 33.6. The number of hydrogen-bond donors (Lipinski definition) is 9. The summed E-state index contributed by atoms with van der Waals surface area (Å²) in [5, 5.41) is 38.8. The first-order valence-corrected chi connectivity index (χ1v) is 35.0. The summed E-state index contributed by atoms with van der Waals surface area (Å²) >= 11 is 0. The van der Waals surface area contributed by atoms with Gasteiger partial charge < -0.3 is 34.7 Å². The van der Waals surface area contributed by atoms with E-state index in [1.54, 1.807) is 70.7 Å². The molecule has 2 aromatic heterocycles. The Kier molecular flexibility index (Phi) is 22.5. The number of primary amides is 1. The molecule has 13 rings (SSSR count). The predicted molar refractivity (Wildman–Crippen MR) is 376 cm³/mol. The third kappa shape index (κ3) is 16.5. The molecule has 10 N–H and O–H groups in total. The van der Waals surface area contributed by atoms with Crippen molar-refractivity contribution >= 4 is 73.0 Å². The zero-order valence-corrected chi connectivity index (χ0v) is 57.5. The molecule has 0 unspecified atom stereocenters. The molecule has 1 aliphatic heterocycles. The summed E-state index contributed by atoms with van der Waals surface area (Å²) in [5.41, 5.74) is 16.3. The number of benzene rings is 7. The Morgan fingerprint density at radius 1 is 0.612 bits per heavy atom. The molecule has 0 bridgehead atoms. The van der Waals surface area contributed by atoms with Crippen LogP contribution in [0.15, 0.2) is 187 Å². The molecule has 9 aromatic rings. The van der Waals surface area contributed by atoms with Crippen LogP contribution in [0.3, 0.4) is 0 Å². The number of carbonyl (C=O) groups excluding carboxylic acids is 6. The van der Waals surface area contributed by atoms with Crippen LogP contribution >= 0.6 is 0 Å². The van der Waals surface area contributed by atoms with Crippen molar-refractivity contribution < 1.29 is 81.3 Å². The van der Waals surface area contributed by atoms with E-state index in [4.69, 9.17) is 40.1 Å². The van der Waals surface area contributed by atoms with Gasteiger partial charge in [-0.1, -0.05) is 104 Å². The van der Waals surface area contributed by atoms with E-state index in [0.29, 0.717) is 55.2 Å². The maximum Gasteiger partial charge on any atom is 0.313 e. The number of pyridine rings is 2. The van der Waals surface area contributed by atoms with Gasteiger partial charge >= 0.3 is 5.97 Å². The van der Waals surface area contributed by atoms with E-state index in [-0.39, 0.29) is 62.0 Å². The fraction of sp³-hybridized carbons (Fsp3) is 0.299. The topological polar surface area (TPSA) is 358 Å². The molecule has 1 saturated heterocycles. The normalized spacial score (nSPS) is 20.5. The van der Waals surface area contributed by atoms with Gasteiger partial charge in [-0.15, -0.1) is 0 Å². The Morgan fingerprint density at radius 3 is 1.72 bits per heavy atom. The second-order valence-electron chi connectivity index (χ2n) is 26.1. The molecule has 26 heteroatoms. The molecule has 536 valence electrons. The summed E-state index contributed by atoms with van der Waals surface area (Å²) in [4.78, 5) is 84.7. The van der Waals surface area contributed by atoms with Crippen LogP contribution in [0, 0.1) is 39.8 Å². The monoisotopic (exact) mass is 1420 g/mol. The Bertz CT molecular complexity index is 4730. The summed E-state index contributed by atoms with van der Waals surface area (Å²) < 4.78 is 64.5. The Labute approximate surface area is 593 Å². The number of amides is 5. The second kappa shape index (κ2) is 31.6. The van der Waals surface area contributed by atoms with Gasteiger partial charge in [-0.3, -0.25) is 54.1 Å². The van der Waals surface area contributed by atoms with Crippen molar-refractivity contribution in [1.29, 1.82) is 0 Å². The lowest BCUT2D eigenvalue weighted by atomic mass is 9.92. The van der Waals surface area contributed by atoms with E-state index in [9.17, 15) is 51.9 Å². The molecular weight excluding hydrogens is 1340 g/mol. The molecule has 5 amide bonds. The van der Waals surface area contributed by atoms with Crippen LogP contribution in [0.1, 0.15) is 73.0 Å². The lowest BCUT2D eigenvalue weighted by molar-refractivity contribution is -0.152. The number of likely N-dealkylation sites (tertiary alicyclic amines) is 1. The van der Waals surface area contributed by atoms with Gasteiger partial charge in [0.2, 0.25) is 29.5 Å². The number of para-hydroxylation sites is 2. The van der Waals surface area contributed by atoms with Gasteiger partial charge in [-0.25, -0.2) is 34.2 Å². The molecule has 3 saturated carbocycles. The number of nitrogens with two attached hydrogens (primary N) is 1. The Balaban J connectivity index is 0.000000157. The van der Waals surface area contributed by atoms with Crippen molar-refractivity contribution in [3.8, 4) is 28.5 Å². The fourth-order valence-corrected chi connectivity index (χ4v) is 14.6. The highest BCUT2D eigenvalue weighted by Crippen LogP contribution is 2.58. The quantitative estimate of drug-likeness (QED) is 0.0146. The van der Waals surface area contributed by atoms with Crippen LogP contribution in [0.4, 0.5) is 10.1 Å². The average Bonchev–Trinajstić information content (AvgIpc) is 1.59. The van der Waals surface area contributed by atoms with E-state index in [1.807, 2.05) is 116 Å². The Hall–Kier alpha value is -10.9. The van der Waals surface area contributed by atoms with Gasteiger partial charge in [-0.05, 0) is 160 Å². The van der Waals surface area contributed by atoms with Crippen molar-refractivity contribution in [2.24, 2.45) is 39.7 Å². The van der Waals surface area contributed by atoms with Gasteiger partial charge in [0, 0.05) is 51.9 Å². The number of halogens is 1. The van der Waals surface area contributed by atoms with E-state index in [1.165, 1.54) is 31.4 Å². The largest absolute Gasteiger partial charge is 0.497 e. The van der Waals surface area contributed by atoms with Crippen molar-refractivity contribution in [3.05, 3.63) is 221 Å². The number of aliphatic hydroxyl groups is 1. The molecule has 7 atom stereocenters. The molecule has 4 fully saturated rings. The first-order chi connectivity index (χ1) is 49.6. The minimum atomic E-state index is -3.78. The zero-order valence-electron chi connectivity index (χ0n) is 56.7. The number of hydroxylamine groups is 3. The molecule has 0 radical (unpaired) electrons. The number of ether oxygens (including phenoxy) is 4. The SMILES string of the molecule is CCOC(=O)[C@@]1(Cc2ccc(NS(=O)(=O)c3ccc(OC)cc3)cc2)C[C@@H]1C(=O)NO.CCc1cc(COc2ccc(C[C@]3(C(N)=O)C[C@@H]3C(=O)NO)cc2F)c2ccccc2n1.O=C(NO)[C@H]1C[C@]1(Cc1ccc(OCc2cc(-c3ccccc3)nc3ccccc23)cc1)C(=O)N1CC[C@H](O)C1. The number of anilines is 1. The van der Waals surface area contributed by atoms with Gasteiger partial charge in [0.05, 0.1) is 75.4 Å². The third-order valence-corrected chi connectivity index (χ3v) is 20.9. The van der Waals surface area contributed by atoms with E-state index < -0.39 is 85.5 Å². The van der Waals surface area contributed by atoms with Crippen LogP contribution in [0.5, 0.6) is 17.2 Å². The number of aromatic nitrogens is 2. The van der Waals surface area contributed by atoms with Crippen molar-refractivity contribution in [3.63, 3.8) is 0 Å². The number of esters is 1. The number of β-amino-alcohol motifs (C(OH)–C–C–N with tert-alkyl or cyclic N) is 1. The summed E-state index contributed by atoms with van der Waals surface area (Å²) in [6, 6.07) is 54.4. The minimum absolute atomic E-state index is 0.0845. The van der Waals surface area contributed by atoms with Gasteiger partial charge in [0.15, 0.2) is 11.6 Å². The molecular formula is C77H79FN8O16S. The Morgan fingerprint density at radius 2 is 1.14 bits per heavy atom. The number of carbonyl (C=O) groups is 6. The average molecular weight is 1420 g/mol. The summed E-state index contributed by atoms with van der Waals surface area (Å²) in [6.07, 6.45) is 2.31. The highest BCUT2D eigenvalue weighted by atomic mass is 32.2. The predicted octanol–water partition coefficient (Wildman–Crippen LogP) is 9.30. The number of sulfonamides is 1. The number of nitrogens with one attached hydrogen (secondary N) is 4. The summed E-state index contributed by atoms with van der Waals surface area (Å²) in [5.74, 6) is -4.38. The highest BCUT2D eigenvalue weighted by Gasteiger charge is 2.66. The number of aryl methyl sites for hydroxylation is 1. The minimum Gasteiger partial charge on any atom is -0.497 e. The number of hydrogen-bond acceptors (Lipinski definition) is 18. The lowest BCUT2D eigenvalue weighted by Gasteiger charge is -2.24. The van der Waals surface area contributed by atoms with Gasteiger partial charge in [0.25, 0.3) is 10.0 Å². The van der Waals surface area contributed by atoms with E-state index in [2.05, 4.69) is 15.8 Å². The van der Waals surface area contributed by atoms with Crippen LogP contribution in [0.2, 0.25) is 0 Å². The lowest BCUT2D eigenvalue weighted by Crippen LogP contribution is -2.40. The molecule has 4 aliphatic rings. The van der Waals surface area contributed by atoms with Crippen LogP contribution in [-0.4, -0.2) is 112 Å². The van der Waals surface area contributed by atoms with Crippen LogP contribution < -0.4 is 41.1 Å². The molecule has 7 aromatic carbocycles. The fourth-order valence-electron chi connectivity index (χ4n) is 13.5. The summed E-state index contributed by atoms with van der Waals surface area (Å²) in [7, 11) is -2.28. The zero-order chi connectivity index (χ0) is 73.2. The number of rotatable bonds is 25. The molecule has 0 spiro atoms. The maximum absolute atomic E-state index is 14.8. The van der Waals surface area contributed by atoms with E-state index >= 15 is 0 Å². The van der Waals surface area contributed by atoms with Gasteiger partial charge in [-0.2, -0.15) is 0 Å². The molecule has 103 heavy (non-hydrogen) atoms. The summed E-state index contributed by atoms with van der Waals surface area (Å²) in [6.45, 7) is 5.16. The number of nitrogens with zero attached hydrogens (tertiary/aromatic N) is 3. The number of fused-ring (bicyclic) bond motifs is 2. The smallest absolute Gasteiger partial charge is 0.313 e. The second-order valence-corrected chi connectivity index (χ2v) is 27.8. The maximum atomic E-state index is 14.8. The number of aliphatic hydroxyl groups excluding tert-OH is 1. The first kappa shape index (κ1) is 73.3. The molecule has 3 aliphatic carbocycles. The van der Waals surface area contributed by atoms with Crippen LogP contribution in [0.25, 0.3) is 33.1 Å². The standard InChI is InChI=1S/C32H31N3O5.C24H24FN3O4.C21H24N2O7S/c36-24-14-15-35(19-24)31(38)32(18-27(32)30(37)34-39)17-21-10-12-25(13-11-21)40-20-23-16-29(22-6-2-1-3-7-22)33-28-9-5-4-8-26(23)28;1-2-16-10-15(17-5-3-4-6-20(17)27-16)13-32-21-8-7-14(9-19(21)25)11-24(23(26)30)12-18(24)22(29)28-31;1-3-30-20(25)21(13-18(21)19(24)22-26)12-14-4-6-15(7-5-14)23-31(27,28)17-10-8-16(29-2)9-11-17/h1-13,16,24,27,36,39H,14-15,17-20H2,(H,34,37);3-10,18,31H,2,11-13H2,1H3,(H2,26,30)(H,28,29);4-11,18,23,26H,3,12-13H2,1-2H3,(H,22,24)/t24-,27+,32-;18-,24+;18-,21+/m011/s1. The van der Waals surface area contributed by atoms with Gasteiger partial charge in [0.1, 0.15) is 24.7 Å². The third-order valence-electron chi connectivity index (χ3n) is 19.5. The molecule has 3 heterocycles. The van der Waals surface area contributed by atoms with Crippen molar-refractivity contribution in [2.45, 2.75) is 89.4 Å². The van der Waals surface area contributed by atoms with Crippen molar-refractivity contribution in [1.82, 2.24) is 31.3 Å². The van der Waals surface area contributed by atoms with E-state index in [0.717, 1.165) is 67.4 Å². The van der Waals surface area contributed by atoms with Crippen LogP contribution in [-0.2, 0) is 82.4 Å². The molecule has 24 nitrogen and oxygen atoms in total. The number of methoxy groups -OCH3 is 1.